The normalized spacial score (nSPS) is 20.8. The van der Waals surface area contributed by atoms with Crippen molar-refractivity contribution < 1.29 is 18.1 Å². The number of carbonyl (C=O) groups excluding carboxylic acids is 1. The van der Waals surface area contributed by atoms with Crippen molar-refractivity contribution >= 4 is 15.9 Å². The molecule has 0 spiro atoms. The number of sulfonamides is 1. The van der Waals surface area contributed by atoms with E-state index < -0.39 is 10.0 Å². The van der Waals surface area contributed by atoms with Crippen LogP contribution in [0.4, 0.5) is 0 Å². The molecule has 3 rings (SSSR count). The van der Waals surface area contributed by atoms with E-state index in [0.717, 1.165) is 39.0 Å². The predicted octanol–water partition coefficient (Wildman–Crippen LogP) is -0.558. The van der Waals surface area contributed by atoms with Crippen LogP contribution in [-0.2, 0) is 10.0 Å². The fraction of sp³-hybridized carbons (Fsp3) is 0.562. The number of nitrogens with zero attached hydrogens (tertiary/aromatic N) is 2. The maximum atomic E-state index is 12.5. The second-order valence-electron chi connectivity index (χ2n) is 6.38. The highest BCUT2D eigenvalue weighted by atomic mass is 32.2. The first-order valence-electron chi connectivity index (χ1n) is 8.19. The highest BCUT2D eigenvalue weighted by Gasteiger charge is 2.28. The number of amides is 1. The molecule has 0 aromatic heterocycles. The second-order valence-corrected chi connectivity index (χ2v) is 8.32. The third-order valence-electron chi connectivity index (χ3n) is 4.71. The highest BCUT2D eigenvalue weighted by Crippen LogP contribution is 2.21. The number of likely N-dealkylation sites (N-methyl/N-ethyl adjacent to an activating group) is 1. The SMILES string of the molecule is C[NH+]1CCN(C(=O)c2ccc(S(=O)(=O)N3CCCC3)cc2)CC1. The zero-order chi connectivity index (χ0) is 16.4. The van der Waals surface area contributed by atoms with Crippen LogP contribution in [0.15, 0.2) is 29.2 Å². The Morgan fingerprint density at radius 2 is 1.57 bits per heavy atom. The Balaban J connectivity index is 1.73. The quantitative estimate of drug-likeness (QED) is 0.804. The lowest BCUT2D eigenvalue weighted by Crippen LogP contribution is -3.12. The second kappa shape index (κ2) is 6.59. The fourth-order valence-corrected chi connectivity index (χ4v) is 4.64. The van der Waals surface area contributed by atoms with Crippen LogP contribution in [0.2, 0.25) is 0 Å². The van der Waals surface area contributed by atoms with Crippen molar-refractivity contribution in [1.29, 1.82) is 0 Å². The molecule has 0 atom stereocenters. The Morgan fingerprint density at radius 3 is 2.13 bits per heavy atom. The molecule has 1 aromatic carbocycles. The van der Waals surface area contributed by atoms with Crippen molar-refractivity contribution in [3.63, 3.8) is 0 Å². The third-order valence-corrected chi connectivity index (χ3v) is 6.62. The van der Waals surface area contributed by atoms with E-state index in [2.05, 4.69) is 7.05 Å². The lowest BCUT2D eigenvalue weighted by Gasteiger charge is -2.30. The van der Waals surface area contributed by atoms with Gasteiger partial charge in [0.2, 0.25) is 10.0 Å². The van der Waals surface area contributed by atoms with Gasteiger partial charge in [-0.2, -0.15) is 4.31 Å². The predicted molar refractivity (Wildman–Crippen MR) is 87.0 cm³/mol. The number of carbonyl (C=O) groups is 1. The van der Waals surface area contributed by atoms with Crippen LogP contribution in [-0.4, -0.2) is 69.8 Å². The molecule has 23 heavy (non-hydrogen) atoms. The van der Waals surface area contributed by atoms with Crippen LogP contribution in [0, 0.1) is 0 Å². The standard InChI is InChI=1S/C16H23N3O3S/c1-17-10-12-18(13-11-17)16(20)14-4-6-15(7-5-14)23(21,22)19-8-2-3-9-19/h4-7H,2-3,8-13H2,1H3/p+1. The minimum Gasteiger partial charge on any atom is -0.334 e. The largest absolute Gasteiger partial charge is 0.334 e. The molecule has 2 aliphatic heterocycles. The molecule has 0 saturated carbocycles. The van der Waals surface area contributed by atoms with E-state index in [9.17, 15) is 13.2 Å². The minimum atomic E-state index is -3.41. The lowest BCUT2D eigenvalue weighted by molar-refractivity contribution is -0.883. The molecule has 126 valence electrons. The van der Waals surface area contributed by atoms with Crippen LogP contribution in [0.1, 0.15) is 23.2 Å². The number of nitrogens with one attached hydrogen (secondary N) is 1. The van der Waals surface area contributed by atoms with Crippen LogP contribution < -0.4 is 4.90 Å². The van der Waals surface area contributed by atoms with E-state index in [0.29, 0.717) is 18.7 Å². The van der Waals surface area contributed by atoms with Gasteiger partial charge in [-0.05, 0) is 37.1 Å². The van der Waals surface area contributed by atoms with Crippen molar-refractivity contribution in [2.75, 3.05) is 46.3 Å². The lowest BCUT2D eigenvalue weighted by atomic mass is 10.2. The van der Waals surface area contributed by atoms with Gasteiger partial charge in [-0.15, -0.1) is 0 Å². The van der Waals surface area contributed by atoms with E-state index in [1.54, 1.807) is 24.3 Å². The molecule has 2 aliphatic rings. The number of hydrogen-bond donors (Lipinski definition) is 1. The van der Waals surface area contributed by atoms with Gasteiger partial charge in [0, 0.05) is 18.7 Å². The van der Waals surface area contributed by atoms with Gasteiger partial charge in [0.1, 0.15) is 0 Å². The zero-order valence-electron chi connectivity index (χ0n) is 13.5. The van der Waals surface area contributed by atoms with Crippen molar-refractivity contribution in [2.45, 2.75) is 17.7 Å². The average molecular weight is 338 g/mol. The highest BCUT2D eigenvalue weighted by molar-refractivity contribution is 7.89. The summed E-state index contributed by atoms with van der Waals surface area (Å²) in [6.45, 7) is 4.58. The molecule has 7 heteroatoms. The fourth-order valence-electron chi connectivity index (χ4n) is 3.12. The molecule has 1 aromatic rings. The van der Waals surface area contributed by atoms with Gasteiger partial charge in [0.15, 0.2) is 0 Å². The van der Waals surface area contributed by atoms with E-state index in [1.807, 2.05) is 4.90 Å². The molecule has 0 radical (unpaired) electrons. The van der Waals surface area contributed by atoms with Crippen LogP contribution in [0.5, 0.6) is 0 Å². The summed E-state index contributed by atoms with van der Waals surface area (Å²) in [5.74, 6) is -0.0115. The van der Waals surface area contributed by atoms with Crippen molar-refractivity contribution in [3.8, 4) is 0 Å². The van der Waals surface area contributed by atoms with Crippen molar-refractivity contribution in [1.82, 2.24) is 9.21 Å². The first-order chi connectivity index (χ1) is 11.0. The molecular weight excluding hydrogens is 314 g/mol. The van der Waals surface area contributed by atoms with Crippen molar-refractivity contribution in [3.05, 3.63) is 29.8 Å². The van der Waals surface area contributed by atoms with E-state index in [4.69, 9.17) is 0 Å². The van der Waals surface area contributed by atoms with Crippen LogP contribution in [0.3, 0.4) is 0 Å². The molecule has 1 N–H and O–H groups in total. The topological polar surface area (TPSA) is 62.1 Å². The number of piperazine rings is 1. The van der Waals surface area contributed by atoms with E-state index >= 15 is 0 Å². The summed E-state index contributed by atoms with van der Waals surface area (Å²) >= 11 is 0. The van der Waals surface area contributed by atoms with Gasteiger partial charge < -0.3 is 9.80 Å². The van der Waals surface area contributed by atoms with Gasteiger partial charge >= 0.3 is 0 Å². The van der Waals surface area contributed by atoms with Crippen LogP contribution >= 0.6 is 0 Å². The smallest absolute Gasteiger partial charge is 0.254 e. The summed E-state index contributed by atoms with van der Waals surface area (Å²) in [6, 6.07) is 6.39. The monoisotopic (exact) mass is 338 g/mol. The van der Waals surface area contributed by atoms with Gasteiger partial charge in [-0.3, -0.25) is 4.79 Å². The summed E-state index contributed by atoms with van der Waals surface area (Å²) < 4.78 is 26.5. The number of hydrogen-bond acceptors (Lipinski definition) is 3. The number of quaternary nitrogens is 1. The Kier molecular flexibility index (Phi) is 4.70. The maximum Gasteiger partial charge on any atom is 0.254 e. The summed E-state index contributed by atoms with van der Waals surface area (Å²) in [7, 11) is -1.28. The summed E-state index contributed by atoms with van der Waals surface area (Å²) in [5.41, 5.74) is 0.560. The Labute approximate surface area is 137 Å². The van der Waals surface area contributed by atoms with Gasteiger partial charge in [-0.25, -0.2) is 8.42 Å². The first-order valence-corrected chi connectivity index (χ1v) is 9.63. The van der Waals surface area contributed by atoms with Gasteiger partial charge in [0.05, 0.1) is 38.1 Å². The van der Waals surface area contributed by atoms with E-state index in [1.165, 1.54) is 9.21 Å². The van der Waals surface area contributed by atoms with Gasteiger partial charge in [-0.1, -0.05) is 0 Å². The molecule has 6 nitrogen and oxygen atoms in total. The van der Waals surface area contributed by atoms with E-state index in [-0.39, 0.29) is 10.8 Å². The Hall–Kier alpha value is -1.44. The molecule has 0 bridgehead atoms. The Morgan fingerprint density at radius 1 is 1.00 bits per heavy atom. The number of rotatable bonds is 3. The summed E-state index contributed by atoms with van der Waals surface area (Å²) in [4.78, 5) is 16.0. The summed E-state index contributed by atoms with van der Waals surface area (Å²) in [5, 5.41) is 0. The average Bonchev–Trinajstić information content (AvgIpc) is 3.10. The van der Waals surface area contributed by atoms with Crippen molar-refractivity contribution in [2.24, 2.45) is 0 Å². The molecule has 2 fully saturated rings. The zero-order valence-corrected chi connectivity index (χ0v) is 14.3. The Bertz CT molecular complexity index is 658. The minimum absolute atomic E-state index is 0.0115. The van der Waals surface area contributed by atoms with Crippen LogP contribution in [0.25, 0.3) is 0 Å². The third kappa shape index (κ3) is 3.41. The number of benzene rings is 1. The molecular formula is C16H24N3O3S+. The molecule has 2 saturated heterocycles. The summed E-state index contributed by atoms with van der Waals surface area (Å²) in [6.07, 6.45) is 1.84. The maximum absolute atomic E-state index is 12.5. The molecule has 0 unspecified atom stereocenters. The molecule has 0 aliphatic carbocycles. The molecule has 1 amide bonds. The molecule has 2 heterocycles. The first kappa shape index (κ1) is 16.4. The van der Waals surface area contributed by atoms with Gasteiger partial charge in [0.25, 0.3) is 5.91 Å².